The Bertz CT molecular complexity index is 688. The number of rotatable bonds is 7. The van der Waals surface area contributed by atoms with Crippen molar-refractivity contribution in [1.29, 1.82) is 5.26 Å². The van der Waals surface area contributed by atoms with Crippen LogP contribution in [0.3, 0.4) is 0 Å². The first-order valence-corrected chi connectivity index (χ1v) is 7.93. The van der Waals surface area contributed by atoms with Gasteiger partial charge in [-0.2, -0.15) is 5.26 Å². The fourth-order valence-corrected chi connectivity index (χ4v) is 2.57. The summed E-state index contributed by atoms with van der Waals surface area (Å²) in [7, 11) is 1.64. The van der Waals surface area contributed by atoms with Crippen LogP contribution in [0.15, 0.2) is 42.5 Å². The Kier molecular flexibility index (Phi) is 6.05. The third-order valence-corrected chi connectivity index (χ3v) is 3.90. The Morgan fingerprint density at radius 3 is 2.65 bits per heavy atom. The van der Waals surface area contributed by atoms with E-state index < -0.39 is 0 Å². The summed E-state index contributed by atoms with van der Waals surface area (Å²) >= 11 is 0. The predicted molar refractivity (Wildman–Crippen MR) is 92.0 cm³/mol. The highest BCUT2D eigenvalue weighted by molar-refractivity contribution is 5.42. The number of ether oxygens (including phenoxy) is 2. The highest BCUT2D eigenvalue weighted by atomic mass is 16.5. The summed E-state index contributed by atoms with van der Waals surface area (Å²) in [6, 6.07) is 16.4. The topological polar surface area (TPSA) is 42.2 Å². The van der Waals surface area contributed by atoms with Crippen LogP contribution in [0, 0.1) is 18.3 Å². The van der Waals surface area contributed by atoms with E-state index >= 15 is 0 Å². The Labute approximate surface area is 138 Å². The third kappa shape index (κ3) is 4.50. The lowest BCUT2D eigenvalue weighted by atomic mass is 9.94. The van der Waals surface area contributed by atoms with Crippen molar-refractivity contribution in [1.82, 2.24) is 0 Å². The van der Waals surface area contributed by atoms with Gasteiger partial charge in [0, 0.05) is 12.0 Å². The van der Waals surface area contributed by atoms with E-state index in [1.807, 2.05) is 43.3 Å². The predicted octanol–water partition coefficient (Wildman–Crippen LogP) is 4.64. The highest BCUT2D eigenvalue weighted by Gasteiger charge is 2.16. The van der Waals surface area contributed by atoms with Crippen LogP contribution in [0.2, 0.25) is 0 Å². The fraction of sp³-hybridized carbons (Fsp3) is 0.350. The van der Waals surface area contributed by atoms with Gasteiger partial charge in [0.15, 0.2) is 0 Å². The van der Waals surface area contributed by atoms with Crippen molar-refractivity contribution in [3.05, 3.63) is 59.2 Å². The van der Waals surface area contributed by atoms with E-state index in [4.69, 9.17) is 9.47 Å². The van der Waals surface area contributed by atoms with Crippen molar-refractivity contribution in [2.75, 3.05) is 13.7 Å². The van der Waals surface area contributed by atoms with E-state index in [1.54, 1.807) is 7.11 Å². The monoisotopic (exact) mass is 309 g/mol. The van der Waals surface area contributed by atoms with Gasteiger partial charge >= 0.3 is 0 Å². The van der Waals surface area contributed by atoms with Crippen molar-refractivity contribution in [2.45, 2.75) is 32.6 Å². The molecule has 3 heteroatoms. The Hall–Kier alpha value is -2.47. The van der Waals surface area contributed by atoms with Crippen molar-refractivity contribution in [2.24, 2.45) is 0 Å². The number of methoxy groups -OCH3 is 1. The third-order valence-electron chi connectivity index (χ3n) is 3.90. The minimum Gasteiger partial charge on any atom is -0.496 e. The second kappa shape index (κ2) is 8.24. The van der Waals surface area contributed by atoms with Crippen LogP contribution < -0.4 is 9.47 Å². The molecular weight excluding hydrogens is 286 g/mol. The number of hydrogen-bond donors (Lipinski definition) is 0. The van der Waals surface area contributed by atoms with E-state index in [1.165, 1.54) is 5.56 Å². The number of benzene rings is 2. The van der Waals surface area contributed by atoms with E-state index in [0.29, 0.717) is 13.0 Å². The Balaban J connectivity index is 2.07. The first-order valence-electron chi connectivity index (χ1n) is 7.93. The number of nitrogens with zero attached hydrogens (tertiary/aromatic N) is 1. The van der Waals surface area contributed by atoms with Gasteiger partial charge in [-0.15, -0.1) is 0 Å². The van der Waals surface area contributed by atoms with Gasteiger partial charge in [-0.3, -0.25) is 0 Å². The molecule has 1 atom stereocenters. The van der Waals surface area contributed by atoms with Crippen LogP contribution in [0.5, 0.6) is 11.5 Å². The molecule has 120 valence electrons. The average Bonchev–Trinajstić information content (AvgIpc) is 2.58. The number of aryl methyl sites for hydroxylation is 2. The summed E-state index contributed by atoms with van der Waals surface area (Å²) < 4.78 is 11.2. The van der Waals surface area contributed by atoms with Crippen molar-refractivity contribution in [3.8, 4) is 17.6 Å². The van der Waals surface area contributed by atoms with Crippen molar-refractivity contribution < 1.29 is 9.47 Å². The van der Waals surface area contributed by atoms with Crippen LogP contribution in [-0.2, 0) is 6.42 Å². The van der Waals surface area contributed by atoms with E-state index in [-0.39, 0.29) is 5.92 Å². The molecule has 2 rings (SSSR count). The van der Waals surface area contributed by atoms with Gasteiger partial charge in [0.2, 0.25) is 0 Å². The maximum absolute atomic E-state index is 9.54. The molecule has 1 unspecified atom stereocenters. The van der Waals surface area contributed by atoms with Crippen LogP contribution in [-0.4, -0.2) is 13.7 Å². The van der Waals surface area contributed by atoms with Crippen LogP contribution in [0.1, 0.15) is 36.0 Å². The van der Waals surface area contributed by atoms with Crippen molar-refractivity contribution in [3.63, 3.8) is 0 Å². The first kappa shape index (κ1) is 16.9. The molecule has 0 radical (unpaired) electrons. The van der Waals surface area contributed by atoms with Crippen molar-refractivity contribution >= 4 is 0 Å². The smallest absolute Gasteiger partial charge is 0.123 e. The maximum Gasteiger partial charge on any atom is 0.123 e. The van der Waals surface area contributed by atoms with Gasteiger partial charge in [-0.25, -0.2) is 0 Å². The second-order valence-electron chi connectivity index (χ2n) is 5.57. The molecule has 0 aromatic heterocycles. The zero-order valence-corrected chi connectivity index (χ0v) is 14.0. The number of hydrogen-bond acceptors (Lipinski definition) is 3. The molecule has 0 aliphatic rings. The maximum atomic E-state index is 9.54. The van der Waals surface area contributed by atoms with Gasteiger partial charge < -0.3 is 9.47 Å². The number of nitriles is 1. The molecule has 0 amide bonds. The molecule has 23 heavy (non-hydrogen) atoms. The summed E-state index contributed by atoms with van der Waals surface area (Å²) in [5.41, 5.74) is 3.32. The van der Waals surface area contributed by atoms with E-state index in [0.717, 1.165) is 29.0 Å². The summed E-state index contributed by atoms with van der Waals surface area (Å²) in [4.78, 5) is 0. The minimum absolute atomic E-state index is 0.235. The van der Waals surface area contributed by atoms with Crippen LogP contribution in [0.25, 0.3) is 0 Å². The molecule has 0 saturated carbocycles. The quantitative estimate of drug-likeness (QED) is 0.748. The average molecular weight is 309 g/mol. The summed E-state index contributed by atoms with van der Waals surface area (Å²) in [5.74, 6) is 1.38. The normalized spacial score (nSPS) is 11.6. The largest absolute Gasteiger partial charge is 0.496 e. The lowest BCUT2D eigenvalue weighted by Gasteiger charge is -2.15. The van der Waals surface area contributed by atoms with E-state index in [9.17, 15) is 5.26 Å². The molecule has 0 aliphatic carbocycles. The molecule has 3 nitrogen and oxygen atoms in total. The molecule has 0 N–H and O–H groups in total. The Morgan fingerprint density at radius 1 is 1.17 bits per heavy atom. The molecule has 0 fully saturated rings. The fourth-order valence-electron chi connectivity index (χ4n) is 2.57. The van der Waals surface area contributed by atoms with Gasteiger partial charge in [0.1, 0.15) is 11.5 Å². The summed E-state index contributed by atoms with van der Waals surface area (Å²) in [6.07, 6.45) is 1.57. The van der Waals surface area contributed by atoms with E-state index in [2.05, 4.69) is 19.1 Å². The zero-order chi connectivity index (χ0) is 16.7. The first-order chi connectivity index (χ1) is 11.2. The lowest BCUT2D eigenvalue weighted by molar-refractivity contribution is 0.304. The van der Waals surface area contributed by atoms with Gasteiger partial charge in [0.25, 0.3) is 0 Å². The molecule has 2 aromatic rings. The van der Waals surface area contributed by atoms with Crippen LogP contribution in [0.4, 0.5) is 0 Å². The second-order valence-corrected chi connectivity index (χ2v) is 5.57. The van der Waals surface area contributed by atoms with Gasteiger partial charge in [-0.05, 0) is 42.7 Å². The summed E-state index contributed by atoms with van der Waals surface area (Å²) in [5, 5.41) is 9.54. The lowest BCUT2D eigenvalue weighted by Crippen LogP contribution is -2.06. The van der Waals surface area contributed by atoms with Crippen LogP contribution >= 0.6 is 0 Å². The molecule has 0 spiro atoms. The molecule has 0 saturated heterocycles. The minimum atomic E-state index is -0.235. The van der Waals surface area contributed by atoms with Gasteiger partial charge in [0.05, 0.1) is 25.7 Å². The zero-order valence-electron chi connectivity index (χ0n) is 14.0. The molecule has 0 aliphatic heterocycles. The molecule has 2 aromatic carbocycles. The SMILES string of the molecule is CCc1ccc(OC)c(C(C#N)CCOc2cccc(C)c2)c1. The molecule has 0 heterocycles. The summed E-state index contributed by atoms with van der Waals surface area (Å²) in [6.45, 7) is 4.64. The molecular formula is C20H23NO2. The standard InChI is InChI=1S/C20H23NO2/c1-4-16-8-9-20(22-3)19(13-16)17(14-21)10-11-23-18-7-5-6-15(2)12-18/h5-9,12-13,17H,4,10-11H2,1-3H3. The molecule has 0 bridgehead atoms. The highest BCUT2D eigenvalue weighted by Crippen LogP contribution is 2.30. The Morgan fingerprint density at radius 2 is 2.00 bits per heavy atom. The van der Waals surface area contributed by atoms with Gasteiger partial charge in [-0.1, -0.05) is 31.2 Å².